The number of Topliss-reactive ketones (excluding diaryl/α,β-unsaturated/α-hetero) is 1. The van der Waals surface area contributed by atoms with Gasteiger partial charge in [0.2, 0.25) is 0 Å². The minimum Gasteiger partial charge on any atom is -0.503 e. The van der Waals surface area contributed by atoms with Gasteiger partial charge >= 0.3 is 0 Å². The number of benzene rings is 2. The predicted molar refractivity (Wildman–Crippen MR) is 107 cm³/mol. The van der Waals surface area contributed by atoms with Crippen molar-refractivity contribution in [3.05, 3.63) is 77.1 Å². The molecule has 1 unspecified atom stereocenters. The summed E-state index contributed by atoms with van der Waals surface area (Å²) in [5, 5.41) is 10.6. The Bertz CT molecular complexity index is 889. The lowest BCUT2D eigenvalue weighted by Gasteiger charge is -2.29. The molecule has 1 atom stereocenters. The Hall–Kier alpha value is -2.88. The van der Waals surface area contributed by atoms with E-state index >= 15 is 0 Å². The Balaban J connectivity index is 2.16. The first kappa shape index (κ1) is 18.9. The van der Waals surface area contributed by atoms with Crippen molar-refractivity contribution in [3.8, 4) is 0 Å². The van der Waals surface area contributed by atoms with E-state index in [0.29, 0.717) is 5.69 Å². The zero-order chi connectivity index (χ0) is 19.8. The summed E-state index contributed by atoms with van der Waals surface area (Å²) in [6.07, 6.45) is 0.896. The number of anilines is 1. The minimum absolute atomic E-state index is 0.165. The summed E-state index contributed by atoms with van der Waals surface area (Å²) in [4.78, 5) is 27.6. The molecule has 0 saturated carbocycles. The lowest BCUT2D eigenvalue weighted by Crippen LogP contribution is -2.32. The number of nitrogens with zero attached hydrogens (tertiary/aromatic N) is 1. The highest BCUT2D eigenvalue weighted by molar-refractivity contribution is 6.17. The molecule has 3 rings (SSSR count). The summed E-state index contributed by atoms with van der Waals surface area (Å²) in [5.74, 6) is -1.22. The van der Waals surface area contributed by atoms with Crippen molar-refractivity contribution in [3.63, 3.8) is 0 Å². The molecule has 4 nitrogen and oxygen atoms in total. The number of carbonyl (C=O) groups is 2. The molecule has 1 N–H and O–H groups in total. The van der Waals surface area contributed by atoms with Gasteiger partial charge in [-0.05, 0) is 29.7 Å². The van der Waals surface area contributed by atoms with Crippen LogP contribution in [0.5, 0.6) is 0 Å². The molecule has 2 aromatic rings. The Morgan fingerprint density at radius 3 is 2.15 bits per heavy atom. The van der Waals surface area contributed by atoms with E-state index < -0.39 is 23.1 Å². The Kier molecular flexibility index (Phi) is 4.92. The van der Waals surface area contributed by atoms with Gasteiger partial charge in [0.1, 0.15) is 0 Å². The normalized spacial score (nSPS) is 17.6. The molecule has 0 radical (unpaired) electrons. The molecule has 0 fully saturated rings. The number of rotatable bonds is 4. The van der Waals surface area contributed by atoms with Crippen molar-refractivity contribution in [2.45, 2.75) is 40.2 Å². The summed E-state index contributed by atoms with van der Waals surface area (Å²) >= 11 is 0. The number of ketones is 1. The summed E-state index contributed by atoms with van der Waals surface area (Å²) in [7, 11) is 0. The summed E-state index contributed by atoms with van der Waals surface area (Å²) in [6.45, 7) is 7.44. The van der Waals surface area contributed by atoms with Crippen molar-refractivity contribution in [2.75, 3.05) is 4.90 Å². The number of hydrogen-bond donors (Lipinski definition) is 1. The van der Waals surface area contributed by atoms with Crippen LogP contribution in [0.2, 0.25) is 0 Å². The third-order valence-electron chi connectivity index (χ3n) is 4.87. The molecule has 0 bridgehead atoms. The summed E-state index contributed by atoms with van der Waals surface area (Å²) in [6, 6.07) is 16.4. The van der Waals surface area contributed by atoms with E-state index in [4.69, 9.17) is 0 Å². The molecule has 2 aromatic carbocycles. The van der Waals surface area contributed by atoms with Gasteiger partial charge in [0.25, 0.3) is 5.91 Å². The van der Waals surface area contributed by atoms with E-state index in [-0.39, 0.29) is 11.4 Å². The molecule has 0 spiro atoms. The SMILES string of the molecule is CCc1ccc(N2C(=O)C(O)=C(C(=O)C(C)(C)C)C2c2ccccc2)cc1. The molecular formula is C23H25NO3. The van der Waals surface area contributed by atoms with Gasteiger partial charge in [0, 0.05) is 11.1 Å². The van der Waals surface area contributed by atoms with Crippen LogP contribution < -0.4 is 4.90 Å². The predicted octanol–water partition coefficient (Wildman–Crippen LogP) is 4.76. The lowest BCUT2D eigenvalue weighted by molar-refractivity contribution is -0.123. The second kappa shape index (κ2) is 7.03. The average molecular weight is 363 g/mol. The van der Waals surface area contributed by atoms with E-state index in [2.05, 4.69) is 6.92 Å². The molecule has 0 aromatic heterocycles. The molecule has 4 heteroatoms. The number of aryl methyl sites for hydroxylation is 1. The zero-order valence-electron chi connectivity index (χ0n) is 16.2. The molecular weight excluding hydrogens is 338 g/mol. The summed E-state index contributed by atoms with van der Waals surface area (Å²) < 4.78 is 0. The molecule has 1 heterocycles. The molecule has 0 aliphatic carbocycles. The second-order valence-electron chi connectivity index (χ2n) is 7.85. The fourth-order valence-corrected chi connectivity index (χ4v) is 3.35. The minimum atomic E-state index is -0.710. The Labute approximate surface area is 160 Å². The number of aliphatic hydroxyl groups excluding tert-OH is 1. The van der Waals surface area contributed by atoms with E-state index in [0.717, 1.165) is 17.5 Å². The highest BCUT2D eigenvalue weighted by Gasteiger charge is 2.46. The summed E-state index contributed by atoms with van der Waals surface area (Å²) in [5.41, 5.74) is 2.07. The van der Waals surface area contributed by atoms with Crippen molar-refractivity contribution in [1.29, 1.82) is 0 Å². The first-order chi connectivity index (χ1) is 12.8. The van der Waals surface area contributed by atoms with E-state index in [9.17, 15) is 14.7 Å². The van der Waals surface area contributed by atoms with Gasteiger partial charge in [-0.3, -0.25) is 14.5 Å². The van der Waals surface area contributed by atoms with Crippen LogP contribution in [0.4, 0.5) is 5.69 Å². The molecule has 0 saturated heterocycles. The van der Waals surface area contributed by atoms with Gasteiger partial charge in [-0.25, -0.2) is 0 Å². The second-order valence-corrected chi connectivity index (χ2v) is 7.85. The van der Waals surface area contributed by atoms with Crippen LogP contribution in [0.15, 0.2) is 65.9 Å². The number of hydrogen-bond acceptors (Lipinski definition) is 3. The van der Waals surface area contributed by atoms with Gasteiger partial charge in [0.05, 0.1) is 11.6 Å². The van der Waals surface area contributed by atoms with E-state index in [1.54, 1.807) is 20.8 Å². The molecule has 1 amide bonds. The van der Waals surface area contributed by atoms with Gasteiger partial charge in [-0.2, -0.15) is 0 Å². The van der Waals surface area contributed by atoms with Crippen LogP contribution in [-0.4, -0.2) is 16.8 Å². The highest BCUT2D eigenvalue weighted by atomic mass is 16.3. The van der Waals surface area contributed by atoms with Gasteiger partial charge in [-0.1, -0.05) is 70.2 Å². The van der Waals surface area contributed by atoms with E-state index in [1.807, 2.05) is 54.6 Å². The van der Waals surface area contributed by atoms with E-state index in [1.165, 1.54) is 4.90 Å². The largest absolute Gasteiger partial charge is 0.503 e. The van der Waals surface area contributed by atoms with Gasteiger partial charge < -0.3 is 5.11 Å². The fraction of sp³-hybridized carbons (Fsp3) is 0.304. The van der Waals surface area contributed by atoms with Crippen LogP contribution in [0.1, 0.15) is 44.9 Å². The maximum absolute atomic E-state index is 13.1. The van der Waals surface area contributed by atoms with Gasteiger partial charge in [0.15, 0.2) is 11.5 Å². The number of amides is 1. The third-order valence-corrected chi connectivity index (χ3v) is 4.87. The molecule has 140 valence electrons. The third kappa shape index (κ3) is 3.39. The average Bonchev–Trinajstić information content (AvgIpc) is 2.92. The number of carbonyl (C=O) groups excluding carboxylic acids is 2. The van der Waals surface area contributed by atoms with Crippen molar-refractivity contribution in [1.82, 2.24) is 0 Å². The van der Waals surface area contributed by atoms with Crippen molar-refractivity contribution in [2.24, 2.45) is 5.41 Å². The zero-order valence-corrected chi connectivity index (χ0v) is 16.2. The topological polar surface area (TPSA) is 57.6 Å². The maximum Gasteiger partial charge on any atom is 0.294 e. The first-order valence-electron chi connectivity index (χ1n) is 9.21. The van der Waals surface area contributed by atoms with Crippen molar-refractivity contribution < 1.29 is 14.7 Å². The standard InChI is InChI=1S/C23H25NO3/c1-5-15-11-13-17(14-12-15)24-19(16-9-7-6-8-10-16)18(20(25)22(24)27)21(26)23(2,3)4/h6-14,19,25H,5H2,1-4H3. The lowest BCUT2D eigenvalue weighted by atomic mass is 9.82. The Morgan fingerprint density at radius 1 is 1.04 bits per heavy atom. The quantitative estimate of drug-likeness (QED) is 0.852. The van der Waals surface area contributed by atoms with Crippen LogP contribution in [0, 0.1) is 5.41 Å². The molecule has 1 aliphatic heterocycles. The number of aliphatic hydroxyl groups is 1. The fourth-order valence-electron chi connectivity index (χ4n) is 3.35. The van der Waals surface area contributed by atoms with Crippen molar-refractivity contribution >= 4 is 17.4 Å². The van der Waals surface area contributed by atoms with Crippen LogP contribution in [0.3, 0.4) is 0 Å². The molecule has 27 heavy (non-hydrogen) atoms. The maximum atomic E-state index is 13.1. The smallest absolute Gasteiger partial charge is 0.294 e. The Morgan fingerprint density at radius 2 is 1.63 bits per heavy atom. The van der Waals surface area contributed by atoms with Crippen LogP contribution in [0.25, 0.3) is 0 Å². The highest BCUT2D eigenvalue weighted by Crippen LogP contribution is 2.43. The van der Waals surface area contributed by atoms with Crippen LogP contribution in [-0.2, 0) is 16.0 Å². The van der Waals surface area contributed by atoms with Crippen LogP contribution >= 0.6 is 0 Å². The van der Waals surface area contributed by atoms with Gasteiger partial charge in [-0.15, -0.1) is 0 Å². The molecule has 1 aliphatic rings. The monoisotopic (exact) mass is 363 g/mol. The first-order valence-corrected chi connectivity index (χ1v) is 9.21.